The van der Waals surface area contributed by atoms with E-state index in [1.807, 2.05) is 0 Å². The second-order valence-electron chi connectivity index (χ2n) is 5.15. The molecule has 0 unspecified atom stereocenters. The molecular formula is C14H16ClF3N2O2S. The molecule has 1 N–H and O–H groups in total. The van der Waals surface area contributed by atoms with E-state index in [9.17, 15) is 18.0 Å². The number of thioether (sulfide) groups is 1. The van der Waals surface area contributed by atoms with Crippen LogP contribution in [-0.4, -0.2) is 35.4 Å². The SMILES string of the molecule is C[C@H](Sc1ncc(C(F)(F)F)cc1Cl)C(=O)NC[C@H]1CCCO1. The Morgan fingerprint density at radius 3 is 2.91 bits per heavy atom. The van der Waals surface area contributed by atoms with Crippen molar-refractivity contribution >= 4 is 29.3 Å². The lowest BCUT2D eigenvalue weighted by molar-refractivity contribution is -0.137. The van der Waals surface area contributed by atoms with E-state index in [4.69, 9.17) is 16.3 Å². The van der Waals surface area contributed by atoms with Gasteiger partial charge < -0.3 is 10.1 Å². The molecule has 1 aliphatic heterocycles. The van der Waals surface area contributed by atoms with Crippen LogP contribution in [0.15, 0.2) is 17.3 Å². The van der Waals surface area contributed by atoms with Crippen molar-refractivity contribution in [2.45, 2.75) is 42.3 Å². The zero-order valence-electron chi connectivity index (χ0n) is 12.3. The van der Waals surface area contributed by atoms with Crippen LogP contribution in [0.25, 0.3) is 0 Å². The minimum atomic E-state index is -4.50. The van der Waals surface area contributed by atoms with Crippen LogP contribution in [0.4, 0.5) is 13.2 Å². The molecule has 9 heteroatoms. The Morgan fingerprint density at radius 2 is 2.35 bits per heavy atom. The molecule has 2 rings (SSSR count). The second-order valence-corrected chi connectivity index (χ2v) is 6.89. The number of hydrogen-bond donors (Lipinski definition) is 1. The number of hydrogen-bond acceptors (Lipinski definition) is 4. The van der Waals surface area contributed by atoms with Gasteiger partial charge in [0.25, 0.3) is 0 Å². The quantitative estimate of drug-likeness (QED) is 0.808. The Hall–Kier alpha value is -0.990. The number of halogens is 4. The highest BCUT2D eigenvalue weighted by molar-refractivity contribution is 8.00. The number of amides is 1. The normalized spacial score (nSPS) is 19.6. The van der Waals surface area contributed by atoms with Gasteiger partial charge in [-0.05, 0) is 25.8 Å². The van der Waals surface area contributed by atoms with E-state index in [0.29, 0.717) is 19.3 Å². The molecule has 1 aromatic heterocycles. The van der Waals surface area contributed by atoms with Crippen LogP contribution in [0.1, 0.15) is 25.3 Å². The zero-order valence-corrected chi connectivity index (χ0v) is 13.9. The standard InChI is InChI=1S/C14H16ClF3N2O2S/c1-8(12(21)19-7-10-3-2-4-22-10)23-13-11(15)5-9(6-20-13)14(16,17)18/h5-6,8,10H,2-4,7H2,1H3,(H,19,21)/t8-,10+/m0/s1. The molecule has 23 heavy (non-hydrogen) atoms. The predicted molar refractivity (Wildman–Crippen MR) is 81.6 cm³/mol. The molecule has 1 aromatic rings. The summed E-state index contributed by atoms with van der Waals surface area (Å²) in [5, 5.41) is 2.31. The summed E-state index contributed by atoms with van der Waals surface area (Å²) in [4.78, 5) is 15.7. The number of pyridine rings is 1. The molecule has 4 nitrogen and oxygen atoms in total. The van der Waals surface area contributed by atoms with Crippen molar-refractivity contribution in [2.75, 3.05) is 13.2 Å². The van der Waals surface area contributed by atoms with E-state index in [1.54, 1.807) is 6.92 Å². The summed E-state index contributed by atoms with van der Waals surface area (Å²) in [6.45, 7) is 2.78. The molecule has 0 radical (unpaired) electrons. The van der Waals surface area contributed by atoms with Crippen LogP contribution in [-0.2, 0) is 15.7 Å². The van der Waals surface area contributed by atoms with E-state index in [-0.39, 0.29) is 22.1 Å². The Kier molecular flexibility index (Phi) is 6.16. The number of nitrogens with zero attached hydrogens (tertiary/aromatic N) is 1. The van der Waals surface area contributed by atoms with Crippen LogP contribution in [0, 0.1) is 0 Å². The molecule has 1 saturated heterocycles. The minimum absolute atomic E-state index is 0.0314. The van der Waals surface area contributed by atoms with Crippen molar-refractivity contribution in [2.24, 2.45) is 0 Å². The number of ether oxygens (including phenoxy) is 1. The van der Waals surface area contributed by atoms with Gasteiger partial charge in [-0.3, -0.25) is 4.79 Å². The van der Waals surface area contributed by atoms with Crippen molar-refractivity contribution in [1.29, 1.82) is 0 Å². The number of alkyl halides is 3. The molecule has 0 aliphatic carbocycles. The Balaban J connectivity index is 1.91. The van der Waals surface area contributed by atoms with Gasteiger partial charge in [0.05, 0.1) is 21.9 Å². The van der Waals surface area contributed by atoms with Crippen molar-refractivity contribution in [3.8, 4) is 0 Å². The van der Waals surface area contributed by atoms with Crippen LogP contribution in [0.2, 0.25) is 5.02 Å². The summed E-state index contributed by atoms with van der Waals surface area (Å²) < 4.78 is 43.1. The summed E-state index contributed by atoms with van der Waals surface area (Å²) in [7, 11) is 0. The van der Waals surface area contributed by atoms with E-state index in [0.717, 1.165) is 30.7 Å². The van der Waals surface area contributed by atoms with Gasteiger partial charge in [0.2, 0.25) is 5.91 Å². The van der Waals surface area contributed by atoms with Crippen LogP contribution in [0.3, 0.4) is 0 Å². The van der Waals surface area contributed by atoms with Crippen LogP contribution >= 0.6 is 23.4 Å². The first-order chi connectivity index (χ1) is 10.8. The van der Waals surface area contributed by atoms with E-state index < -0.39 is 17.0 Å². The monoisotopic (exact) mass is 368 g/mol. The maximum Gasteiger partial charge on any atom is 0.417 e. The first-order valence-electron chi connectivity index (χ1n) is 7.06. The lowest BCUT2D eigenvalue weighted by atomic mass is 10.2. The largest absolute Gasteiger partial charge is 0.417 e. The Bertz CT molecular complexity index is 565. The molecule has 0 spiro atoms. The van der Waals surface area contributed by atoms with Crippen molar-refractivity contribution in [1.82, 2.24) is 10.3 Å². The molecule has 1 fully saturated rings. The predicted octanol–water partition coefficient (Wildman–Crippen LogP) is 3.53. The highest BCUT2D eigenvalue weighted by Gasteiger charge is 2.32. The molecular weight excluding hydrogens is 353 g/mol. The van der Waals surface area contributed by atoms with Gasteiger partial charge >= 0.3 is 6.18 Å². The summed E-state index contributed by atoms with van der Waals surface area (Å²) in [5.74, 6) is -0.233. The van der Waals surface area contributed by atoms with Gasteiger partial charge in [-0.2, -0.15) is 13.2 Å². The van der Waals surface area contributed by atoms with Gasteiger partial charge in [0.1, 0.15) is 5.03 Å². The molecule has 128 valence electrons. The third kappa shape index (κ3) is 5.26. The molecule has 2 atom stereocenters. The Morgan fingerprint density at radius 1 is 1.61 bits per heavy atom. The summed E-state index contributed by atoms with van der Waals surface area (Å²) in [6.07, 6.45) is -1.86. The van der Waals surface area contributed by atoms with Crippen molar-refractivity contribution in [3.63, 3.8) is 0 Å². The third-order valence-electron chi connectivity index (χ3n) is 3.32. The Labute approximate surface area is 141 Å². The molecule has 1 aliphatic rings. The van der Waals surface area contributed by atoms with Gasteiger partial charge in [0, 0.05) is 19.3 Å². The maximum atomic E-state index is 12.6. The molecule has 0 aromatic carbocycles. The number of carbonyl (C=O) groups excluding carboxylic acids is 1. The van der Waals surface area contributed by atoms with Gasteiger partial charge in [0.15, 0.2) is 0 Å². The summed E-state index contributed by atoms with van der Waals surface area (Å²) in [6, 6.07) is 0.813. The first kappa shape index (κ1) is 18.4. The fraction of sp³-hybridized carbons (Fsp3) is 0.571. The van der Waals surface area contributed by atoms with Gasteiger partial charge in [-0.1, -0.05) is 23.4 Å². The average Bonchev–Trinajstić information content (AvgIpc) is 2.99. The maximum absolute atomic E-state index is 12.6. The van der Waals surface area contributed by atoms with Crippen molar-refractivity contribution in [3.05, 3.63) is 22.8 Å². The van der Waals surface area contributed by atoms with Gasteiger partial charge in [-0.25, -0.2) is 4.98 Å². The highest BCUT2D eigenvalue weighted by atomic mass is 35.5. The average molecular weight is 369 g/mol. The lowest BCUT2D eigenvalue weighted by Crippen LogP contribution is -2.36. The number of nitrogens with one attached hydrogen (secondary N) is 1. The summed E-state index contributed by atoms with van der Waals surface area (Å²) >= 11 is 6.85. The van der Waals surface area contributed by atoms with Crippen LogP contribution < -0.4 is 5.32 Å². The molecule has 0 saturated carbocycles. The summed E-state index contributed by atoms with van der Waals surface area (Å²) in [5.41, 5.74) is -0.915. The fourth-order valence-corrected chi connectivity index (χ4v) is 3.16. The van der Waals surface area contributed by atoms with Crippen molar-refractivity contribution < 1.29 is 22.7 Å². The number of carbonyl (C=O) groups is 1. The number of rotatable bonds is 5. The topological polar surface area (TPSA) is 51.2 Å². The molecule has 2 heterocycles. The highest BCUT2D eigenvalue weighted by Crippen LogP contribution is 2.34. The van der Waals surface area contributed by atoms with Gasteiger partial charge in [-0.15, -0.1) is 0 Å². The third-order valence-corrected chi connectivity index (χ3v) is 4.84. The second kappa shape index (κ2) is 7.72. The smallest absolute Gasteiger partial charge is 0.376 e. The number of aromatic nitrogens is 1. The van der Waals surface area contributed by atoms with E-state index in [2.05, 4.69) is 10.3 Å². The minimum Gasteiger partial charge on any atom is -0.376 e. The molecule has 0 bridgehead atoms. The zero-order chi connectivity index (χ0) is 17.0. The lowest BCUT2D eigenvalue weighted by Gasteiger charge is -2.15. The van der Waals surface area contributed by atoms with Crippen LogP contribution in [0.5, 0.6) is 0 Å². The van der Waals surface area contributed by atoms with E-state index in [1.165, 1.54) is 0 Å². The molecule has 1 amide bonds. The fourth-order valence-electron chi connectivity index (χ4n) is 2.05. The van der Waals surface area contributed by atoms with E-state index >= 15 is 0 Å². The first-order valence-corrected chi connectivity index (χ1v) is 8.32.